The standard InChI is InChI=1S/C30H39FN6O5/c1-19(32-3)27(40)18-42-28-13-21-5-9-36(16-23(21)12-26(28)31)17-25(39)15-34-30(41)22-4-8-33-29(14-22)35-24-6-10-37(11-7-24)20(2)38/h4,8,12-14,24-25,39-40H,3,5-7,9-11,15-18H2,1-2H3,(H,33,35)(H,34,41)/t25-/m0/s1. The number of aliphatic imine (C=N–C) groups is 1. The number of carbonyl (C=O) groups is 2. The molecule has 1 aromatic heterocycles. The van der Waals surface area contributed by atoms with Crippen molar-refractivity contribution in [1.29, 1.82) is 0 Å². The van der Waals surface area contributed by atoms with Crippen molar-refractivity contribution in [2.75, 3.05) is 44.6 Å². The minimum atomic E-state index is -0.815. The number of likely N-dealkylation sites (tertiary alicyclic amines) is 1. The molecular formula is C30H39FN6O5. The zero-order valence-corrected chi connectivity index (χ0v) is 24.1. The monoisotopic (exact) mass is 582 g/mol. The molecule has 4 N–H and O–H groups in total. The maximum Gasteiger partial charge on any atom is 0.251 e. The first-order valence-electron chi connectivity index (χ1n) is 14.1. The fourth-order valence-corrected chi connectivity index (χ4v) is 5.10. The van der Waals surface area contributed by atoms with Gasteiger partial charge >= 0.3 is 0 Å². The Bertz CT molecular complexity index is 1330. The van der Waals surface area contributed by atoms with Gasteiger partial charge in [-0.15, -0.1) is 0 Å². The van der Waals surface area contributed by atoms with Crippen LogP contribution in [0.15, 0.2) is 46.9 Å². The molecule has 2 amide bonds. The Morgan fingerprint density at radius 1 is 1.21 bits per heavy atom. The van der Waals surface area contributed by atoms with Gasteiger partial charge in [-0.05, 0) is 68.3 Å². The molecule has 0 aliphatic carbocycles. The molecular weight excluding hydrogens is 543 g/mol. The van der Waals surface area contributed by atoms with Crippen LogP contribution in [0, 0.1) is 5.82 Å². The first-order valence-corrected chi connectivity index (χ1v) is 14.1. The van der Waals surface area contributed by atoms with Gasteiger partial charge in [-0.3, -0.25) is 19.5 Å². The van der Waals surface area contributed by atoms with Crippen LogP contribution in [0.2, 0.25) is 0 Å². The van der Waals surface area contributed by atoms with Gasteiger partial charge in [-0.25, -0.2) is 9.37 Å². The molecule has 1 aromatic carbocycles. The number of allylic oxidation sites excluding steroid dienone is 1. The van der Waals surface area contributed by atoms with E-state index in [-0.39, 0.29) is 42.5 Å². The van der Waals surface area contributed by atoms with E-state index >= 15 is 0 Å². The number of aromatic nitrogens is 1. The smallest absolute Gasteiger partial charge is 0.251 e. The fourth-order valence-electron chi connectivity index (χ4n) is 5.10. The molecule has 1 saturated heterocycles. The number of carbonyl (C=O) groups excluding carboxylic acids is 2. The van der Waals surface area contributed by atoms with Crippen LogP contribution in [0.5, 0.6) is 5.75 Å². The number of benzene rings is 1. The van der Waals surface area contributed by atoms with E-state index in [4.69, 9.17) is 4.74 Å². The van der Waals surface area contributed by atoms with E-state index < -0.39 is 11.9 Å². The summed E-state index contributed by atoms with van der Waals surface area (Å²) in [5.74, 6) is -0.235. The highest BCUT2D eigenvalue weighted by Crippen LogP contribution is 2.27. The Hall–Kier alpha value is -4.03. The molecule has 0 spiro atoms. The number of halogens is 1. The van der Waals surface area contributed by atoms with Crippen molar-refractivity contribution in [2.45, 2.75) is 51.8 Å². The number of amides is 2. The molecule has 3 heterocycles. The number of ether oxygens (including phenoxy) is 1. The normalized spacial score (nSPS) is 17.1. The second-order valence-electron chi connectivity index (χ2n) is 10.7. The third-order valence-electron chi connectivity index (χ3n) is 7.65. The number of nitrogens with one attached hydrogen (secondary N) is 2. The van der Waals surface area contributed by atoms with Crippen LogP contribution in [0.1, 0.15) is 48.2 Å². The quantitative estimate of drug-likeness (QED) is 0.234. The molecule has 11 nitrogen and oxygen atoms in total. The molecule has 0 saturated carbocycles. The number of pyridine rings is 1. The van der Waals surface area contributed by atoms with Crippen LogP contribution in [0.4, 0.5) is 10.2 Å². The van der Waals surface area contributed by atoms with E-state index in [2.05, 4.69) is 27.3 Å². The lowest BCUT2D eigenvalue weighted by Crippen LogP contribution is -2.42. The van der Waals surface area contributed by atoms with Gasteiger partial charge in [0.05, 0.1) is 11.8 Å². The first-order chi connectivity index (χ1) is 20.1. The molecule has 226 valence electrons. The Morgan fingerprint density at radius 2 is 1.98 bits per heavy atom. The number of aliphatic hydroxyl groups is 2. The number of β-amino-alcohol motifs (C(OH)–C–C–N with tert-alkyl or cyclic N) is 1. The third kappa shape index (κ3) is 8.26. The number of anilines is 1. The van der Waals surface area contributed by atoms with Crippen molar-refractivity contribution in [3.8, 4) is 5.75 Å². The zero-order chi connectivity index (χ0) is 30.2. The van der Waals surface area contributed by atoms with Gasteiger partial charge in [0.15, 0.2) is 17.3 Å². The SMILES string of the molecule is C=NC(C)=C(O)COc1cc2c(cc1F)CN(C[C@@H](O)CNC(=O)c1ccnc(NC3CCN(C(C)=O)CC3)c1)CC2. The molecule has 1 atom stereocenters. The summed E-state index contributed by atoms with van der Waals surface area (Å²) in [5.41, 5.74) is 2.50. The van der Waals surface area contributed by atoms with Crippen LogP contribution < -0.4 is 15.4 Å². The molecule has 1 fully saturated rings. The predicted octanol–water partition coefficient (Wildman–Crippen LogP) is 2.66. The fraction of sp³-hybridized carbons (Fsp3) is 0.467. The molecule has 0 unspecified atom stereocenters. The number of rotatable bonds is 11. The van der Waals surface area contributed by atoms with E-state index in [0.717, 1.165) is 24.0 Å². The average molecular weight is 583 g/mol. The third-order valence-corrected chi connectivity index (χ3v) is 7.65. The number of piperidine rings is 1. The number of hydrogen-bond donors (Lipinski definition) is 4. The van der Waals surface area contributed by atoms with Gasteiger partial charge in [0.1, 0.15) is 12.4 Å². The molecule has 4 rings (SSSR count). The van der Waals surface area contributed by atoms with Gasteiger partial charge in [-0.1, -0.05) is 0 Å². The van der Waals surface area contributed by atoms with Gasteiger partial charge in [0.2, 0.25) is 5.91 Å². The van der Waals surface area contributed by atoms with Crippen LogP contribution in [0.25, 0.3) is 0 Å². The number of hydrogen-bond acceptors (Lipinski definition) is 9. The summed E-state index contributed by atoms with van der Waals surface area (Å²) in [6.45, 7) is 9.16. The first kappa shape index (κ1) is 30.9. The zero-order valence-electron chi connectivity index (χ0n) is 24.1. The maximum absolute atomic E-state index is 14.7. The lowest BCUT2D eigenvalue weighted by atomic mass is 9.99. The van der Waals surface area contributed by atoms with Crippen molar-refractivity contribution in [3.63, 3.8) is 0 Å². The van der Waals surface area contributed by atoms with E-state index in [1.54, 1.807) is 38.2 Å². The van der Waals surface area contributed by atoms with Crippen LogP contribution in [0.3, 0.4) is 0 Å². The van der Waals surface area contributed by atoms with E-state index in [0.29, 0.717) is 56.2 Å². The Kier molecular flexibility index (Phi) is 10.5. The summed E-state index contributed by atoms with van der Waals surface area (Å²) in [5, 5.41) is 26.6. The molecule has 2 aromatic rings. The van der Waals surface area contributed by atoms with E-state index in [9.17, 15) is 24.2 Å². The average Bonchev–Trinajstić information content (AvgIpc) is 2.98. The lowest BCUT2D eigenvalue weighted by molar-refractivity contribution is -0.129. The van der Waals surface area contributed by atoms with Crippen molar-refractivity contribution >= 4 is 24.3 Å². The van der Waals surface area contributed by atoms with Crippen LogP contribution in [-0.4, -0.2) is 95.0 Å². The summed E-state index contributed by atoms with van der Waals surface area (Å²) in [4.78, 5) is 36.1. The molecule has 0 bridgehead atoms. The molecule has 2 aliphatic rings. The highest BCUT2D eigenvalue weighted by Gasteiger charge is 2.23. The highest BCUT2D eigenvalue weighted by atomic mass is 19.1. The highest BCUT2D eigenvalue weighted by molar-refractivity contribution is 5.94. The van der Waals surface area contributed by atoms with Gasteiger partial charge in [0, 0.05) is 64.0 Å². The number of fused-ring (bicyclic) bond motifs is 1. The minimum Gasteiger partial charge on any atom is -0.507 e. The topological polar surface area (TPSA) is 140 Å². The predicted molar refractivity (Wildman–Crippen MR) is 157 cm³/mol. The minimum absolute atomic E-state index is 0.0567. The van der Waals surface area contributed by atoms with E-state index in [1.165, 1.54) is 6.07 Å². The maximum atomic E-state index is 14.7. The summed E-state index contributed by atoms with van der Waals surface area (Å²) in [6, 6.07) is 6.54. The Labute approximate surface area is 245 Å². The van der Waals surface area contributed by atoms with Gasteiger partial charge < -0.3 is 30.5 Å². The summed E-state index contributed by atoms with van der Waals surface area (Å²) >= 11 is 0. The second kappa shape index (κ2) is 14.2. The molecule has 2 aliphatic heterocycles. The number of nitrogens with zero attached hydrogens (tertiary/aromatic N) is 4. The Balaban J connectivity index is 1.24. The van der Waals surface area contributed by atoms with Crippen molar-refractivity contribution < 1.29 is 28.9 Å². The Morgan fingerprint density at radius 3 is 2.69 bits per heavy atom. The molecule has 12 heteroatoms. The van der Waals surface area contributed by atoms with Crippen molar-refractivity contribution in [3.05, 3.63) is 64.4 Å². The molecule has 0 radical (unpaired) electrons. The van der Waals surface area contributed by atoms with Gasteiger partial charge in [0.25, 0.3) is 5.91 Å². The largest absolute Gasteiger partial charge is 0.507 e. The van der Waals surface area contributed by atoms with Crippen LogP contribution in [-0.2, 0) is 17.8 Å². The summed E-state index contributed by atoms with van der Waals surface area (Å²) in [6.07, 6.45) is 3.01. The summed E-state index contributed by atoms with van der Waals surface area (Å²) < 4.78 is 20.1. The van der Waals surface area contributed by atoms with Crippen molar-refractivity contribution in [2.24, 2.45) is 4.99 Å². The summed E-state index contributed by atoms with van der Waals surface area (Å²) in [7, 11) is 0. The van der Waals surface area contributed by atoms with Gasteiger partial charge in [-0.2, -0.15) is 0 Å². The molecule has 42 heavy (non-hydrogen) atoms. The lowest BCUT2D eigenvalue weighted by Gasteiger charge is -2.32. The van der Waals surface area contributed by atoms with Crippen molar-refractivity contribution in [1.82, 2.24) is 20.1 Å². The number of aliphatic hydroxyl groups excluding tert-OH is 2. The van der Waals surface area contributed by atoms with E-state index in [1.807, 2.05) is 9.80 Å². The van der Waals surface area contributed by atoms with Crippen LogP contribution >= 0.6 is 0 Å². The second-order valence-corrected chi connectivity index (χ2v) is 10.7.